The Hall–Kier alpha value is -1.11. The first kappa shape index (κ1) is 14.9. The minimum atomic E-state index is -3.45. The SMILES string of the molecule is CCCNc1cccc(S(=O)(=O)NCCOC)c1. The first-order valence-corrected chi connectivity index (χ1v) is 7.41. The number of anilines is 1. The molecule has 0 saturated carbocycles. The van der Waals surface area contributed by atoms with Crippen LogP contribution in [0, 0.1) is 0 Å². The maximum absolute atomic E-state index is 11.9. The van der Waals surface area contributed by atoms with Gasteiger partial charge in [-0.15, -0.1) is 0 Å². The van der Waals surface area contributed by atoms with E-state index in [-0.39, 0.29) is 11.4 Å². The molecule has 0 unspecified atom stereocenters. The number of benzene rings is 1. The van der Waals surface area contributed by atoms with Crippen LogP contribution in [-0.2, 0) is 14.8 Å². The topological polar surface area (TPSA) is 67.4 Å². The van der Waals surface area contributed by atoms with Crippen LogP contribution in [0.3, 0.4) is 0 Å². The monoisotopic (exact) mass is 272 g/mol. The molecule has 0 bridgehead atoms. The van der Waals surface area contributed by atoms with Gasteiger partial charge in [0.25, 0.3) is 0 Å². The highest BCUT2D eigenvalue weighted by atomic mass is 32.2. The molecule has 0 atom stereocenters. The maximum atomic E-state index is 11.9. The summed E-state index contributed by atoms with van der Waals surface area (Å²) >= 11 is 0. The van der Waals surface area contributed by atoms with Gasteiger partial charge in [0, 0.05) is 25.9 Å². The molecule has 2 N–H and O–H groups in total. The largest absolute Gasteiger partial charge is 0.385 e. The highest BCUT2D eigenvalue weighted by Gasteiger charge is 2.13. The zero-order valence-corrected chi connectivity index (χ0v) is 11.6. The van der Waals surface area contributed by atoms with E-state index in [2.05, 4.69) is 17.0 Å². The van der Waals surface area contributed by atoms with Crippen LogP contribution in [0.1, 0.15) is 13.3 Å². The summed E-state index contributed by atoms with van der Waals surface area (Å²) < 4.78 is 31.2. The molecule has 0 fully saturated rings. The number of nitrogens with one attached hydrogen (secondary N) is 2. The van der Waals surface area contributed by atoms with Gasteiger partial charge in [0.1, 0.15) is 0 Å². The van der Waals surface area contributed by atoms with Gasteiger partial charge in [-0.25, -0.2) is 13.1 Å². The van der Waals surface area contributed by atoms with E-state index < -0.39 is 10.0 Å². The molecular formula is C12H20N2O3S. The molecule has 0 spiro atoms. The van der Waals surface area contributed by atoms with Crippen molar-refractivity contribution in [1.29, 1.82) is 0 Å². The molecule has 0 radical (unpaired) electrons. The number of rotatable bonds is 8. The highest BCUT2D eigenvalue weighted by Crippen LogP contribution is 2.15. The molecule has 0 aliphatic rings. The second-order valence-corrected chi connectivity index (χ2v) is 5.61. The van der Waals surface area contributed by atoms with E-state index in [1.54, 1.807) is 18.2 Å². The fraction of sp³-hybridized carbons (Fsp3) is 0.500. The van der Waals surface area contributed by atoms with Crippen LogP contribution in [0.5, 0.6) is 0 Å². The molecule has 0 amide bonds. The van der Waals surface area contributed by atoms with Crippen molar-refractivity contribution < 1.29 is 13.2 Å². The molecule has 0 saturated heterocycles. The van der Waals surface area contributed by atoms with Gasteiger partial charge < -0.3 is 10.1 Å². The third kappa shape index (κ3) is 4.64. The third-order valence-corrected chi connectivity index (χ3v) is 3.78. The molecular weight excluding hydrogens is 252 g/mol. The molecule has 1 rings (SSSR count). The van der Waals surface area contributed by atoms with Crippen molar-refractivity contribution in [3.63, 3.8) is 0 Å². The molecule has 1 aromatic rings. The van der Waals surface area contributed by atoms with Gasteiger partial charge in [-0.3, -0.25) is 0 Å². The standard InChI is InChI=1S/C12H20N2O3S/c1-3-7-13-11-5-4-6-12(10-11)18(15,16)14-8-9-17-2/h4-6,10,13-14H,3,7-9H2,1-2H3. The lowest BCUT2D eigenvalue weighted by Gasteiger charge is -2.09. The van der Waals surface area contributed by atoms with Gasteiger partial charge in [0.05, 0.1) is 11.5 Å². The molecule has 0 heterocycles. The van der Waals surface area contributed by atoms with Crippen LogP contribution < -0.4 is 10.0 Å². The fourth-order valence-electron chi connectivity index (χ4n) is 1.40. The quantitative estimate of drug-likeness (QED) is 0.703. The molecule has 0 aliphatic carbocycles. The summed E-state index contributed by atoms with van der Waals surface area (Å²) in [5.41, 5.74) is 0.812. The van der Waals surface area contributed by atoms with Crippen LogP contribution in [0.25, 0.3) is 0 Å². The maximum Gasteiger partial charge on any atom is 0.240 e. The van der Waals surface area contributed by atoms with Crippen LogP contribution in [0.4, 0.5) is 5.69 Å². The number of hydrogen-bond acceptors (Lipinski definition) is 4. The lowest BCUT2D eigenvalue weighted by Crippen LogP contribution is -2.27. The van der Waals surface area contributed by atoms with E-state index in [0.717, 1.165) is 18.7 Å². The van der Waals surface area contributed by atoms with Gasteiger partial charge in [0.2, 0.25) is 10.0 Å². The Kier molecular flexibility index (Phi) is 6.11. The zero-order valence-electron chi connectivity index (χ0n) is 10.8. The minimum Gasteiger partial charge on any atom is -0.385 e. The number of hydrogen-bond donors (Lipinski definition) is 2. The molecule has 102 valence electrons. The minimum absolute atomic E-state index is 0.264. The van der Waals surface area contributed by atoms with Gasteiger partial charge in [-0.2, -0.15) is 0 Å². The van der Waals surface area contributed by atoms with E-state index in [1.807, 2.05) is 6.07 Å². The average molecular weight is 272 g/mol. The zero-order chi connectivity index (χ0) is 13.4. The Morgan fingerprint density at radius 1 is 1.28 bits per heavy atom. The van der Waals surface area contributed by atoms with E-state index in [4.69, 9.17) is 4.74 Å². The predicted octanol–water partition coefficient (Wildman–Crippen LogP) is 1.43. The summed E-state index contributed by atoms with van der Waals surface area (Å²) in [6.07, 6.45) is 0.989. The first-order chi connectivity index (χ1) is 8.60. The first-order valence-electron chi connectivity index (χ1n) is 5.92. The fourth-order valence-corrected chi connectivity index (χ4v) is 2.46. The normalized spacial score (nSPS) is 11.4. The van der Waals surface area contributed by atoms with E-state index in [1.165, 1.54) is 7.11 Å². The van der Waals surface area contributed by atoms with Crippen molar-refractivity contribution >= 4 is 15.7 Å². The summed E-state index contributed by atoms with van der Waals surface area (Å²) in [7, 11) is -1.92. The van der Waals surface area contributed by atoms with Crippen molar-refractivity contribution in [2.75, 3.05) is 32.1 Å². The van der Waals surface area contributed by atoms with Gasteiger partial charge in [0.15, 0.2) is 0 Å². The van der Waals surface area contributed by atoms with Gasteiger partial charge in [-0.05, 0) is 24.6 Å². The van der Waals surface area contributed by atoms with Crippen molar-refractivity contribution in [3.8, 4) is 0 Å². The molecule has 5 nitrogen and oxygen atoms in total. The van der Waals surface area contributed by atoms with Gasteiger partial charge in [-0.1, -0.05) is 13.0 Å². The second kappa shape index (κ2) is 7.35. The Labute approximate surface area is 109 Å². The third-order valence-electron chi connectivity index (χ3n) is 2.32. The summed E-state index contributed by atoms with van der Waals surface area (Å²) in [6, 6.07) is 6.78. The van der Waals surface area contributed by atoms with Gasteiger partial charge >= 0.3 is 0 Å². The molecule has 6 heteroatoms. The van der Waals surface area contributed by atoms with Crippen molar-refractivity contribution in [1.82, 2.24) is 4.72 Å². The second-order valence-electron chi connectivity index (χ2n) is 3.85. The van der Waals surface area contributed by atoms with E-state index in [9.17, 15) is 8.42 Å². The van der Waals surface area contributed by atoms with E-state index in [0.29, 0.717) is 6.61 Å². The predicted molar refractivity (Wildman–Crippen MR) is 72.3 cm³/mol. The smallest absolute Gasteiger partial charge is 0.240 e. The van der Waals surface area contributed by atoms with Crippen molar-refractivity contribution in [2.45, 2.75) is 18.2 Å². The molecule has 0 aliphatic heterocycles. The Bertz CT molecular complexity index is 460. The number of ether oxygens (including phenoxy) is 1. The van der Waals surface area contributed by atoms with Crippen LogP contribution in [-0.4, -0.2) is 35.2 Å². The summed E-state index contributed by atoms with van der Waals surface area (Å²) in [4.78, 5) is 0.264. The highest BCUT2D eigenvalue weighted by molar-refractivity contribution is 7.89. The van der Waals surface area contributed by atoms with E-state index >= 15 is 0 Å². The molecule has 0 aromatic heterocycles. The molecule has 18 heavy (non-hydrogen) atoms. The van der Waals surface area contributed by atoms with Crippen LogP contribution in [0.2, 0.25) is 0 Å². The summed E-state index contributed by atoms with van der Waals surface area (Å²) in [5, 5.41) is 3.16. The summed E-state index contributed by atoms with van der Waals surface area (Å²) in [5.74, 6) is 0. The number of sulfonamides is 1. The molecule has 1 aromatic carbocycles. The Morgan fingerprint density at radius 3 is 2.72 bits per heavy atom. The van der Waals surface area contributed by atoms with Crippen molar-refractivity contribution in [3.05, 3.63) is 24.3 Å². The Balaban J connectivity index is 2.75. The lowest BCUT2D eigenvalue weighted by molar-refractivity contribution is 0.204. The average Bonchev–Trinajstić information content (AvgIpc) is 2.37. The summed E-state index contributed by atoms with van der Waals surface area (Å²) in [6.45, 7) is 3.50. The lowest BCUT2D eigenvalue weighted by atomic mass is 10.3. The number of methoxy groups -OCH3 is 1. The Morgan fingerprint density at radius 2 is 2.06 bits per heavy atom. The van der Waals surface area contributed by atoms with Crippen LogP contribution in [0.15, 0.2) is 29.2 Å². The van der Waals surface area contributed by atoms with Crippen LogP contribution >= 0.6 is 0 Å². The van der Waals surface area contributed by atoms with Crippen molar-refractivity contribution in [2.24, 2.45) is 0 Å².